The van der Waals surface area contributed by atoms with E-state index in [4.69, 9.17) is 32.5 Å². The molecule has 214 valence electrons. The molecule has 10 nitrogen and oxygen atoms in total. The molecule has 5 N–H and O–H groups in total. The number of carbonyl (C=O) groups excluding carboxylic acids is 1. The fraction of sp³-hybridized carbons (Fsp3) is 0.367. The minimum absolute atomic E-state index is 0.135. The van der Waals surface area contributed by atoms with Gasteiger partial charge >= 0.3 is 6.09 Å². The van der Waals surface area contributed by atoms with E-state index in [-0.39, 0.29) is 5.82 Å². The molecular weight excluding hydrogens is 542 g/mol. The number of fused-ring (bicyclic) bond motifs is 1. The predicted octanol–water partition coefficient (Wildman–Crippen LogP) is 5.93. The van der Waals surface area contributed by atoms with Gasteiger partial charge in [-0.25, -0.2) is 14.8 Å². The number of benzene rings is 2. The maximum Gasteiger partial charge on any atom is 0.411 e. The fourth-order valence-corrected chi connectivity index (χ4v) is 5.65. The van der Waals surface area contributed by atoms with Crippen LogP contribution in [0.3, 0.4) is 0 Å². The number of imidazole rings is 1. The number of nitrogens with two attached hydrogens (primary N) is 1. The molecule has 41 heavy (non-hydrogen) atoms. The molecule has 11 heteroatoms. The molecule has 1 aliphatic carbocycles. The molecule has 2 aromatic heterocycles. The Hall–Kier alpha value is -4.02. The number of amides is 1. The van der Waals surface area contributed by atoms with Gasteiger partial charge in [0.2, 0.25) is 11.8 Å². The molecule has 0 aliphatic heterocycles. The quantitative estimate of drug-likeness (QED) is 0.150. The Morgan fingerprint density at radius 1 is 1.15 bits per heavy atom. The number of ether oxygens (including phenoxy) is 1. The van der Waals surface area contributed by atoms with Crippen LogP contribution in [-0.4, -0.2) is 42.7 Å². The monoisotopic (exact) mass is 575 g/mol. The summed E-state index contributed by atoms with van der Waals surface area (Å²) in [4.78, 5) is 25.4. The first-order valence-electron chi connectivity index (χ1n) is 13.8. The largest absolute Gasteiger partial charge is 0.411 e. The standard InChI is InChI=1S/C30H34ClN7O3/c1-17-11-13-19(14-12-17)16-38-25-24(21-9-6-10-22(31)15-21)34-28(26(32)41-29(33)40)36-27(25)37-30(38)35-23(18(2)39)20-7-4-3-5-8-20/h3-10,15,17-19,23,32,39H,11-14,16H2,1-2H3,(H2,33,40)(H,34,35,36,37)/t17-,18-,19-,23-/m0/s1. The summed E-state index contributed by atoms with van der Waals surface area (Å²) in [6.45, 7) is 4.69. The number of hydrogen-bond donors (Lipinski definition) is 4. The smallest absolute Gasteiger partial charge is 0.391 e. The van der Waals surface area contributed by atoms with E-state index in [1.165, 1.54) is 0 Å². The molecule has 1 amide bonds. The number of aliphatic hydroxyl groups is 1. The summed E-state index contributed by atoms with van der Waals surface area (Å²) >= 11 is 6.37. The Labute approximate surface area is 243 Å². The summed E-state index contributed by atoms with van der Waals surface area (Å²) in [5, 5.41) is 23.0. The van der Waals surface area contributed by atoms with Gasteiger partial charge < -0.3 is 25.5 Å². The zero-order valence-electron chi connectivity index (χ0n) is 23.0. The lowest BCUT2D eigenvalue weighted by molar-refractivity contribution is 0.171. The molecule has 2 heterocycles. The molecule has 2 aromatic carbocycles. The number of aromatic nitrogens is 4. The van der Waals surface area contributed by atoms with Crippen LogP contribution in [0.2, 0.25) is 5.02 Å². The van der Waals surface area contributed by atoms with Crippen molar-refractivity contribution in [2.75, 3.05) is 5.32 Å². The van der Waals surface area contributed by atoms with Crippen molar-refractivity contribution < 1.29 is 14.6 Å². The summed E-state index contributed by atoms with van der Waals surface area (Å²) < 4.78 is 6.89. The van der Waals surface area contributed by atoms with Gasteiger partial charge in [-0.3, -0.25) is 5.41 Å². The molecule has 0 saturated heterocycles. The third-order valence-corrected chi connectivity index (χ3v) is 7.84. The maximum absolute atomic E-state index is 11.4. The van der Waals surface area contributed by atoms with Crippen molar-refractivity contribution in [1.29, 1.82) is 5.41 Å². The average molecular weight is 576 g/mol. The number of primary amides is 1. The van der Waals surface area contributed by atoms with Gasteiger partial charge in [-0.05, 0) is 49.3 Å². The third-order valence-electron chi connectivity index (χ3n) is 7.61. The van der Waals surface area contributed by atoms with Gasteiger partial charge in [0.05, 0.1) is 12.1 Å². The summed E-state index contributed by atoms with van der Waals surface area (Å²) in [6.07, 6.45) is 2.62. The molecule has 0 spiro atoms. The first-order valence-corrected chi connectivity index (χ1v) is 14.2. The van der Waals surface area contributed by atoms with Gasteiger partial charge in [0.15, 0.2) is 5.65 Å². The van der Waals surface area contributed by atoms with Gasteiger partial charge in [0.25, 0.3) is 5.90 Å². The van der Waals surface area contributed by atoms with Crippen LogP contribution in [0.5, 0.6) is 0 Å². The Balaban J connectivity index is 1.70. The molecule has 1 aliphatic rings. The lowest BCUT2D eigenvalue weighted by Gasteiger charge is -2.28. The highest BCUT2D eigenvalue weighted by Gasteiger charge is 2.28. The first-order chi connectivity index (χ1) is 19.7. The average Bonchev–Trinajstić information content (AvgIpc) is 3.29. The van der Waals surface area contributed by atoms with Crippen molar-refractivity contribution in [3.8, 4) is 11.3 Å². The van der Waals surface area contributed by atoms with Gasteiger partial charge in [-0.1, -0.05) is 73.8 Å². The number of rotatable bonds is 8. The second kappa shape index (κ2) is 12.2. The summed E-state index contributed by atoms with van der Waals surface area (Å²) in [6, 6.07) is 16.5. The number of hydrogen-bond acceptors (Lipinski definition) is 8. The van der Waals surface area contributed by atoms with Gasteiger partial charge in [0, 0.05) is 17.1 Å². The maximum atomic E-state index is 11.4. The van der Waals surface area contributed by atoms with Crippen LogP contribution in [0.1, 0.15) is 57.0 Å². The van der Waals surface area contributed by atoms with Crippen LogP contribution in [0, 0.1) is 17.2 Å². The molecular formula is C30H34ClN7O3. The zero-order chi connectivity index (χ0) is 29.1. The van der Waals surface area contributed by atoms with Crippen molar-refractivity contribution in [3.63, 3.8) is 0 Å². The number of halogens is 1. The van der Waals surface area contributed by atoms with Crippen LogP contribution < -0.4 is 11.1 Å². The zero-order valence-corrected chi connectivity index (χ0v) is 23.8. The lowest BCUT2D eigenvalue weighted by atomic mass is 9.83. The summed E-state index contributed by atoms with van der Waals surface area (Å²) in [5.74, 6) is 0.910. The molecule has 2 atom stereocenters. The number of carbonyl (C=O) groups is 1. The van der Waals surface area contributed by atoms with Gasteiger partial charge in [0.1, 0.15) is 11.2 Å². The minimum atomic E-state index is -1.13. The van der Waals surface area contributed by atoms with Crippen molar-refractivity contribution in [1.82, 2.24) is 19.5 Å². The molecule has 0 bridgehead atoms. The van der Waals surface area contributed by atoms with E-state index in [2.05, 4.69) is 26.8 Å². The van der Waals surface area contributed by atoms with Crippen molar-refractivity contribution in [3.05, 3.63) is 71.0 Å². The SMILES string of the molecule is C[C@H](O)[C@H](Nc1nc2nc(C(=N)OC(N)=O)nc(-c3cccc(Cl)c3)c2n1C[C@H]1CC[C@H](C)CC1)c1ccccc1. The molecule has 4 aromatic rings. The van der Waals surface area contributed by atoms with Crippen LogP contribution in [0.15, 0.2) is 54.6 Å². The lowest BCUT2D eigenvalue weighted by Crippen LogP contribution is -2.26. The predicted molar refractivity (Wildman–Crippen MR) is 159 cm³/mol. The second-order valence-corrected chi connectivity index (χ2v) is 11.2. The molecule has 0 unspecified atom stereocenters. The van der Waals surface area contributed by atoms with E-state index in [0.717, 1.165) is 31.2 Å². The Bertz CT molecular complexity index is 1550. The first kappa shape index (κ1) is 28.5. The van der Waals surface area contributed by atoms with E-state index in [9.17, 15) is 9.90 Å². The van der Waals surface area contributed by atoms with Crippen LogP contribution in [0.25, 0.3) is 22.4 Å². The summed E-state index contributed by atoms with van der Waals surface area (Å²) in [7, 11) is 0. The molecule has 1 saturated carbocycles. The molecule has 1 fully saturated rings. The Morgan fingerprint density at radius 2 is 1.88 bits per heavy atom. The van der Waals surface area contributed by atoms with E-state index in [1.54, 1.807) is 19.1 Å². The highest BCUT2D eigenvalue weighted by Crippen LogP contribution is 2.36. The molecule has 5 rings (SSSR count). The Kier molecular flexibility index (Phi) is 8.51. The minimum Gasteiger partial charge on any atom is -0.391 e. The van der Waals surface area contributed by atoms with Crippen molar-refractivity contribution in [2.24, 2.45) is 17.6 Å². The van der Waals surface area contributed by atoms with Gasteiger partial charge in [-0.2, -0.15) is 4.98 Å². The second-order valence-electron chi connectivity index (χ2n) is 10.8. The van der Waals surface area contributed by atoms with E-state index >= 15 is 0 Å². The van der Waals surface area contributed by atoms with E-state index in [1.807, 2.05) is 42.5 Å². The van der Waals surface area contributed by atoms with Crippen LogP contribution >= 0.6 is 11.6 Å². The topological polar surface area (TPSA) is 152 Å². The highest BCUT2D eigenvalue weighted by atomic mass is 35.5. The third kappa shape index (κ3) is 6.49. The van der Waals surface area contributed by atoms with E-state index in [0.29, 0.717) is 51.8 Å². The number of nitrogens with zero attached hydrogens (tertiary/aromatic N) is 4. The van der Waals surface area contributed by atoms with Crippen LogP contribution in [0.4, 0.5) is 10.7 Å². The molecule has 0 radical (unpaired) electrons. The normalized spacial score (nSPS) is 18.5. The van der Waals surface area contributed by atoms with Gasteiger partial charge in [-0.15, -0.1) is 0 Å². The Morgan fingerprint density at radius 3 is 2.54 bits per heavy atom. The van der Waals surface area contributed by atoms with Crippen LogP contribution in [-0.2, 0) is 11.3 Å². The van der Waals surface area contributed by atoms with E-state index < -0.39 is 24.1 Å². The number of anilines is 1. The van der Waals surface area contributed by atoms with Crippen molar-refractivity contribution >= 4 is 40.7 Å². The highest BCUT2D eigenvalue weighted by molar-refractivity contribution is 6.30. The number of aliphatic hydroxyl groups excluding tert-OH is 1. The number of nitrogens with one attached hydrogen (secondary N) is 2. The van der Waals surface area contributed by atoms with Crippen molar-refractivity contribution in [2.45, 2.75) is 58.2 Å². The summed E-state index contributed by atoms with van der Waals surface area (Å²) in [5.41, 5.74) is 8.22. The fourth-order valence-electron chi connectivity index (χ4n) is 5.46.